The van der Waals surface area contributed by atoms with E-state index in [1.165, 1.54) is 17.3 Å². The molecule has 4 rings (SSSR count). The average molecular weight is 324 g/mol. The van der Waals surface area contributed by atoms with E-state index in [2.05, 4.69) is 15.1 Å². The second-order valence-corrected chi connectivity index (χ2v) is 6.45. The minimum atomic E-state index is -1.14. The number of carbonyl (C=O) groups excluding carboxylic acids is 3. The van der Waals surface area contributed by atoms with Crippen molar-refractivity contribution in [2.45, 2.75) is 26.2 Å². The van der Waals surface area contributed by atoms with Gasteiger partial charge in [-0.3, -0.25) is 14.4 Å². The number of rotatable bonds is 3. The van der Waals surface area contributed by atoms with Gasteiger partial charge in [0.1, 0.15) is 18.6 Å². The van der Waals surface area contributed by atoms with Gasteiger partial charge >= 0.3 is 0 Å². The molecular weight excluding hydrogens is 308 g/mol. The van der Waals surface area contributed by atoms with Crippen molar-refractivity contribution < 1.29 is 14.4 Å². The van der Waals surface area contributed by atoms with E-state index in [0.29, 0.717) is 23.5 Å². The van der Waals surface area contributed by atoms with Gasteiger partial charge in [0.2, 0.25) is 0 Å². The number of hydrogen-bond donors (Lipinski definition) is 0. The molecule has 2 aromatic heterocycles. The number of Topliss-reactive ketones (excluding diaryl/α,β-unsaturated/α-hetero) is 3. The number of ketones is 3. The van der Waals surface area contributed by atoms with E-state index in [-0.39, 0.29) is 23.4 Å². The Kier molecular flexibility index (Phi) is 3.37. The van der Waals surface area contributed by atoms with Crippen molar-refractivity contribution in [3.05, 3.63) is 36.0 Å². The van der Waals surface area contributed by atoms with Crippen LogP contribution in [-0.4, -0.2) is 37.1 Å². The monoisotopic (exact) mass is 324 g/mol. The third-order valence-electron chi connectivity index (χ3n) is 5.06. The van der Waals surface area contributed by atoms with Gasteiger partial charge in [0.05, 0.1) is 5.69 Å². The third-order valence-corrected chi connectivity index (χ3v) is 5.06. The second-order valence-electron chi connectivity index (χ2n) is 6.45. The lowest BCUT2D eigenvalue weighted by Gasteiger charge is -2.24. The van der Waals surface area contributed by atoms with Crippen LogP contribution in [0.2, 0.25) is 0 Å². The lowest BCUT2D eigenvalue weighted by atomic mass is 9.75. The van der Waals surface area contributed by atoms with Crippen LogP contribution in [0.15, 0.2) is 24.8 Å². The summed E-state index contributed by atoms with van der Waals surface area (Å²) < 4.78 is 1.48. The van der Waals surface area contributed by atoms with E-state index in [1.807, 2.05) is 0 Å². The maximum absolute atomic E-state index is 12.8. The molecule has 2 bridgehead atoms. The predicted molar refractivity (Wildman–Crippen MR) is 82.6 cm³/mol. The van der Waals surface area contributed by atoms with Gasteiger partial charge in [-0.05, 0) is 38.3 Å². The molecule has 2 aliphatic rings. The molecule has 7 nitrogen and oxygen atoms in total. The average Bonchev–Trinajstić information content (AvgIpc) is 3.24. The number of aryl methyl sites for hydroxylation is 1. The molecule has 2 saturated carbocycles. The van der Waals surface area contributed by atoms with E-state index >= 15 is 0 Å². The zero-order valence-electron chi connectivity index (χ0n) is 13.2. The first-order valence-corrected chi connectivity index (χ1v) is 8.00. The Balaban J connectivity index is 1.67. The van der Waals surface area contributed by atoms with Gasteiger partial charge in [0.15, 0.2) is 23.2 Å². The van der Waals surface area contributed by atoms with Crippen LogP contribution in [0.25, 0.3) is 5.82 Å². The van der Waals surface area contributed by atoms with Crippen LogP contribution < -0.4 is 0 Å². The van der Waals surface area contributed by atoms with Crippen molar-refractivity contribution in [3.8, 4) is 5.82 Å². The first-order chi connectivity index (χ1) is 11.6. The number of nitrogens with zero attached hydrogens (tertiary/aromatic N) is 4. The summed E-state index contributed by atoms with van der Waals surface area (Å²) in [6, 6.07) is 3.25. The lowest BCUT2D eigenvalue weighted by molar-refractivity contribution is -0.137. The fourth-order valence-electron chi connectivity index (χ4n) is 3.79. The van der Waals surface area contributed by atoms with Crippen molar-refractivity contribution in [1.82, 2.24) is 19.7 Å². The molecule has 2 heterocycles. The van der Waals surface area contributed by atoms with Gasteiger partial charge in [0.25, 0.3) is 0 Å². The Bertz CT molecular complexity index is 822. The van der Waals surface area contributed by atoms with Gasteiger partial charge in [-0.25, -0.2) is 14.6 Å². The number of fused-ring (bicyclic) bond motifs is 2. The molecule has 0 aromatic carbocycles. The number of pyridine rings is 1. The second kappa shape index (κ2) is 5.43. The van der Waals surface area contributed by atoms with Gasteiger partial charge in [0, 0.05) is 17.4 Å². The van der Waals surface area contributed by atoms with Gasteiger partial charge in [-0.15, -0.1) is 0 Å². The summed E-state index contributed by atoms with van der Waals surface area (Å²) >= 11 is 0. The highest BCUT2D eigenvalue weighted by atomic mass is 16.2. The summed E-state index contributed by atoms with van der Waals surface area (Å²) in [6.45, 7) is 1.69. The molecule has 2 fully saturated rings. The van der Waals surface area contributed by atoms with Crippen LogP contribution in [0.5, 0.6) is 0 Å². The normalized spacial score (nSPS) is 26.0. The lowest BCUT2D eigenvalue weighted by Crippen LogP contribution is -2.41. The first kappa shape index (κ1) is 14.9. The summed E-state index contributed by atoms with van der Waals surface area (Å²) in [5.41, 5.74) is 0.804. The van der Waals surface area contributed by atoms with Crippen LogP contribution >= 0.6 is 0 Å². The topological polar surface area (TPSA) is 94.8 Å². The maximum Gasteiger partial charge on any atom is 0.182 e. The van der Waals surface area contributed by atoms with Crippen LogP contribution in [-0.2, 0) is 9.59 Å². The summed E-state index contributed by atoms with van der Waals surface area (Å²) in [4.78, 5) is 46.0. The van der Waals surface area contributed by atoms with E-state index in [0.717, 1.165) is 12.8 Å². The van der Waals surface area contributed by atoms with Crippen LogP contribution in [0.3, 0.4) is 0 Å². The van der Waals surface area contributed by atoms with Crippen molar-refractivity contribution in [2.75, 3.05) is 0 Å². The van der Waals surface area contributed by atoms with Gasteiger partial charge < -0.3 is 0 Å². The predicted octanol–water partition coefficient (Wildman–Crippen LogP) is 1.34. The molecule has 7 heteroatoms. The molecule has 122 valence electrons. The molecule has 0 radical (unpaired) electrons. The molecule has 2 atom stereocenters. The Morgan fingerprint density at radius 2 is 1.88 bits per heavy atom. The molecule has 24 heavy (non-hydrogen) atoms. The Morgan fingerprint density at radius 1 is 1.17 bits per heavy atom. The minimum absolute atomic E-state index is 0.135. The van der Waals surface area contributed by atoms with Crippen LogP contribution in [0.1, 0.15) is 35.3 Å². The molecule has 0 saturated heterocycles. The van der Waals surface area contributed by atoms with Gasteiger partial charge in [-0.1, -0.05) is 0 Å². The molecule has 2 aliphatic carbocycles. The fourth-order valence-corrected chi connectivity index (χ4v) is 3.79. The van der Waals surface area contributed by atoms with Crippen molar-refractivity contribution in [2.24, 2.45) is 17.8 Å². The largest absolute Gasteiger partial charge is 0.298 e. The standard InChI is InChI=1S/C17H16N4O3/c1-9-12(4-5-13(20-9)21-8-18-7-19-21)17(24)14-15(22)10-2-3-11(6-10)16(14)23/h4-5,7-8,10-11,14H,2-3,6H2,1H3. The highest BCUT2D eigenvalue weighted by Gasteiger charge is 2.50. The van der Waals surface area contributed by atoms with E-state index < -0.39 is 11.7 Å². The molecule has 0 aliphatic heterocycles. The van der Waals surface area contributed by atoms with E-state index in [1.54, 1.807) is 19.1 Å². The highest BCUT2D eigenvalue weighted by Crippen LogP contribution is 2.41. The van der Waals surface area contributed by atoms with Crippen molar-refractivity contribution in [1.29, 1.82) is 0 Å². The first-order valence-electron chi connectivity index (χ1n) is 8.00. The summed E-state index contributed by atoms with van der Waals surface area (Å²) in [5, 5.41) is 3.99. The van der Waals surface area contributed by atoms with Crippen LogP contribution in [0.4, 0.5) is 0 Å². The van der Waals surface area contributed by atoms with E-state index in [9.17, 15) is 14.4 Å². The Morgan fingerprint density at radius 3 is 2.46 bits per heavy atom. The zero-order valence-corrected chi connectivity index (χ0v) is 13.2. The molecular formula is C17H16N4O3. The highest BCUT2D eigenvalue weighted by molar-refractivity contribution is 6.26. The quantitative estimate of drug-likeness (QED) is 0.624. The third kappa shape index (κ3) is 2.19. The fraction of sp³-hybridized carbons (Fsp3) is 0.412. The summed E-state index contributed by atoms with van der Waals surface area (Å²) in [7, 11) is 0. The molecule has 2 aromatic rings. The molecule has 0 spiro atoms. The minimum Gasteiger partial charge on any atom is -0.298 e. The van der Waals surface area contributed by atoms with Crippen molar-refractivity contribution in [3.63, 3.8) is 0 Å². The number of hydrogen-bond acceptors (Lipinski definition) is 6. The SMILES string of the molecule is Cc1nc(-n2cncn2)ccc1C(=O)C1C(=O)C2CCC(C2)C1=O. The maximum atomic E-state index is 12.8. The number of carbonyl (C=O) groups is 3. The zero-order chi connectivity index (χ0) is 16.8. The molecule has 2 unspecified atom stereocenters. The molecule has 0 N–H and O–H groups in total. The number of aromatic nitrogens is 4. The van der Waals surface area contributed by atoms with Crippen LogP contribution in [0, 0.1) is 24.7 Å². The smallest absolute Gasteiger partial charge is 0.182 e. The summed E-state index contributed by atoms with van der Waals surface area (Å²) in [6.07, 6.45) is 4.97. The Hall–Kier alpha value is -2.70. The van der Waals surface area contributed by atoms with E-state index in [4.69, 9.17) is 0 Å². The summed E-state index contributed by atoms with van der Waals surface area (Å²) in [5.74, 6) is -1.72. The van der Waals surface area contributed by atoms with Crippen molar-refractivity contribution >= 4 is 17.3 Å². The Labute approximate surface area is 138 Å². The van der Waals surface area contributed by atoms with Gasteiger partial charge in [-0.2, -0.15) is 5.10 Å². The molecule has 0 amide bonds.